The highest BCUT2D eigenvalue weighted by Gasteiger charge is 2.25. The average Bonchev–Trinajstić information content (AvgIpc) is 3.17. The van der Waals surface area contributed by atoms with Crippen LogP contribution in [-0.4, -0.2) is 36.7 Å². The molecule has 8 heteroatoms. The molecule has 1 aromatic carbocycles. The lowest BCUT2D eigenvalue weighted by atomic mass is 10.1. The first-order valence-corrected chi connectivity index (χ1v) is 11.0. The summed E-state index contributed by atoms with van der Waals surface area (Å²) in [4.78, 5) is 18.5. The van der Waals surface area contributed by atoms with Crippen LogP contribution in [0, 0.1) is 6.92 Å². The van der Waals surface area contributed by atoms with Gasteiger partial charge in [-0.25, -0.2) is 13.4 Å². The number of anilines is 1. The first kappa shape index (κ1) is 19.0. The molecule has 0 bridgehead atoms. The number of hydrogen-bond donors (Lipinski definition) is 1. The number of rotatable bonds is 6. The fraction of sp³-hybridized carbons (Fsp3) is 0.444. The monoisotopic (exact) mass is 393 g/mol. The van der Waals surface area contributed by atoms with Gasteiger partial charge in [0.1, 0.15) is 0 Å². The Morgan fingerprint density at radius 2 is 2.00 bits per heavy atom. The lowest BCUT2D eigenvalue weighted by molar-refractivity contribution is 0.102. The number of carbonyl (C=O) groups excluding carboxylic acids is 1. The topological polar surface area (TPSA) is 79.4 Å². The summed E-state index contributed by atoms with van der Waals surface area (Å²) in [6.07, 6.45) is 3.09. The molecular formula is C18H23N3O3S2. The average molecular weight is 394 g/mol. The third-order valence-corrected chi connectivity index (χ3v) is 7.85. The molecule has 1 N–H and O–H groups in total. The van der Waals surface area contributed by atoms with Gasteiger partial charge in [0.25, 0.3) is 5.91 Å². The van der Waals surface area contributed by atoms with E-state index in [0.717, 1.165) is 25.0 Å². The van der Waals surface area contributed by atoms with E-state index in [-0.39, 0.29) is 10.8 Å². The molecule has 0 spiro atoms. The number of nitrogens with zero attached hydrogens (tertiary/aromatic N) is 2. The highest BCUT2D eigenvalue weighted by atomic mass is 32.2. The summed E-state index contributed by atoms with van der Waals surface area (Å²) in [5.41, 5.74) is 2.01. The zero-order valence-electron chi connectivity index (χ0n) is 15.2. The summed E-state index contributed by atoms with van der Waals surface area (Å²) in [7, 11) is -3.62. The van der Waals surface area contributed by atoms with Gasteiger partial charge in [0.15, 0.2) is 5.13 Å². The maximum absolute atomic E-state index is 12.8. The molecule has 140 valence electrons. The van der Waals surface area contributed by atoms with Crippen LogP contribution in [0.3, 0.4) is 0 Å². The first-order valence-electron chi connectivity index (χ1n) is 8.77. The van der Waals surface area contributed by atoms with Gasteiger partial charge in [-0.15, -0.1) is 11.3 Å². The Morgan fingerprint density at radius 3 is 2.65 bits per heavy atom. The number of aromatic nitrogens is 1. The van der Waals surface area contributed by atoms with Gasteiger partial charge < -0.3 is 0 Å². The minimum Gasteiger partial charge on any atom is -0.298 e. The van der Waals surface area contributed by atoms with Crippen molar-refractivity contribution in [1.29, 1.82) is 0 Å². The number of fused-ring (bicyclic) bond motifs is 1. The molecule has 26 heavy (non-hydrogen) atoms. The summed E-state index contributed by atoms with van der Waals surface area (Å²) in [6.45, 7) is 6.12. The van der Waals surface area contributed by atoms with E-state index >= 15 is 0 Å². The van der Waals surface area contributed by atoms with Gasteiger partial charge in [0.2, 0.25) is 10.0 Å². The van der Waals surface area contributed by atoms with Gasteiger partial charge in [-0.2, -0.15) is 4.31 Å². The molecule has 1 aliphatic rings. The van der Waals surface area contributed by atoms with Gasteiger partial charge in [-0.3, -0.25) is 10.1 Å². The van der Waals surface area contributed by atoms with Gasteiger partial charge in [0.05, 0.1) is 10.6 Å². The van der Waals surface area contributed by atoms with Crippen LogP contribution in [0.25, 0.3) is 0 Å². The molecule has 0 saturated heterocycles. The second-order valence-electron chi connectivity index (χ2n) is 6.27. The summed E-state index contributed by atoms with van der Waals surface area (Å²) in [5, 5.41) is 3.38. The Kier molecular flexibility index (Phi) is 5.45. The van der Waals surface area contributed by atoms with E-state index in [1.54, 1.807) is 32.9 Å². The lowest BCUT2D eigenvalue weighted by Gasteiger charge is -2.20. The quantitative estimate of drug-likeness (QED) is 0.817. The van der Waals surface area contributed by atoms with E-state index in [4.69, 9.17) is 0 Å². The highest BCUT2D eigenvalue weighted by Crippen LogP contribution is 2.31. The normalized spacial score (nSPS) is 13.8. The molecule has 0 saturated carbocycles. The molecule has 0 aliphatic heterocycles. The van der Waals surface area contributed by atoms with Crippen LogP contribution in [0.1, 0.15) is 46.8 Å². The Morgan fingerprint density at radius 1 is 1.27 bits per heavy atom. The predicted octanol–water partition coefficient (Wildman–Crippen LogP) is 3.22. The SMILES string of the molecule is CCN(CC)S(=O)(=O)c1cc(C(=O)Nc2nc3c(s2)CCC3)ccc1C. The standard InChI is InChI=1S/C18H23N3O3S2/c1-4-21(5-2)26(23,24)16-11-13(10-9-12(16)3)17(22)20-18-19-14-7-6-8-15(14)25-18/h9-11H,4-8H2,1-3H3,(H,19,20,22). The van der Waals surface area contributed by atoms with Crippen LogP contribution in [0.2, 0.25) is 0 Å². The fourth-order valence-electron chi connectivity index (χ4n) is 3.13. The second-order valence-corrected chi connectivity index (χ2v) is 9.26. The van der Waals surface area contributed by atoms with Crippen LogP contribution in [0.4, 0.5) is 5.13 Å². The number of benzene rings is 1. The van der Waals surface area contributed by atoms with Crippen LogP contribution < -0.4 is 5.32 Å². The molecule has 1 heterocycles. The van der Waals surface area contributed by atoms with Crippen molar-refractivity contribution in [3.63, 3.8) is 0 Å². The highest BCUT2D eigenvalue weighted by molar-refractivity contribution is 7.89. The fourth-order valence-corrected chi connectivity index (χ4v) is 5.89. The van der Waals surface area contributed by atoms with E-state index in [1.165, 1.54) is 26.6 Å². The molecule has 0 unspecified atom stereocenters. The molecule has 0 fully saturated rings. The minimum absolute atomic E-state index is 0.176. The summed E-state index contributed by atoms with van der Waals surface area (Å²) < 4.78 is 27.0. The number of hydrogen-bond acceptors (Lipinski definition) is 5. The smallest absolute Gasteiger partial charge is 0.257 e. The van der Waals surface area contributed by atoms with Crippen LogP contribution in [0.5, 0.6) is 0 Å². The van der Waals surface area contributed by atoms with Crippen molar-refractivity contribution in [1.82, 2.24) is 9.29 Å². The summed E-state index contributed by atoms with van der Waals surface area (Å²) >= 11 is 1.50. The number of aryl methyl sites for hydroxylation is 3. The van der Waals surface area contributed by atoms with E-state index in [2.05, 4.69) is 10.3 Å². The number of sulfonamides is 1. The van der Waals surface area contributed by atoms with Crippen LogP contribution in [0.15, 0.2) is 23.1 Å². The van der Waals surface area contributed by atoms with E-state index in [0.29, 0.717) is 29.3 Å². The van der Waals surface area contributed by atoms with Crippen molar-refractivity contribution in [2.24, 2.45) is 0 Å². The minimum atomic E-state index is -3.62. The third-order valence-electron chi connectivity index (χ3n) is 4.59. The molecule has 6 nitrogen and oxygen atoms in total. The van der Waals surface area contributed by atoms with Crippen molar-refractivity contribution < 1.29 is 13.2 Å². The van der Waals surface area contributed by atoms with Gasteiger partial charge in [-0.1, -0.05) is 19.9 Å². The summed E-state index contributed by atoms with van der Waals surface area (Å²) in [5.74, 6) is -0.339. The van der Waals surface area contributed by atoms with Crippen molar-refractivity contribution in [3.05, 3.63) is 39.9 Å². The number of thiazole rings is 1. The largest absolute Gasteiger partial charge is 0.298 e. The predicted molar refractivity (Wildman–Crippen MR) is 103 cm³/mol. The van der Waals surface area contributed by atoms with E-state index in [1.807, 2.05) is 0 Å². The molecular weight excluding hydrogens is 370 g/mol. The third kappa shape index (κ3) is 3.54. The Hall–Kier alpha value is -1.77. The zero-order valence-corrected chi connectivity index (χ0v) is 16.8. The Balaban J connectivity index is 1.87. The Labute approximate surface area is 158 Å². The first-order chi connectivity index (χ1) is 12.4. The lowest BCUT2D eigenvalue weighted by Crippen LogP contribution is -2.31. The van der Waals surface area contributed by atoms with Crippen molar-refractivity contribution >= 4 is 32.4 Å². The molecule has 3 rings (SSSR count). The number of nitrogens with one attached hydrogen (secondary N) is 1. The molecule has 1 aromatic heterocycles. The van der Waals surface area contributed by atoms with Gasteiger partial charge in [-0.05, 0) is 43.9 Å². The Bertz CT molecular complexity index is 910. The van der Waals surface area contributed by atoms with Crippen LogP contribution in [-0.2, 0) is 22.9 Å². The molecule has 0 radical (unpaired) electrons. The number of amides is 1. The summed E-state index contributed by atoms with van der Waals surface area (Å²) in [6, 6.07) is 4.78. The van der Waals surface area contributed by atoms with Gasteiger partial charge in [0, 0.05) is 23.5 Å². The van der Waals surface area contributed by atoms with Crippen molar-refractivity contribution in [2.45, 2.75) is 44.9 Å². The maximum atomic E-state index is 12.8. The van der Waals surface area contributed by atoms with E-state index in [9.17, 15) is 13.2 Å². The van der Waals surface area contributed by atoms with Crippen LogP contribution >= 0.6 is 11.3 Å². The van der Waals surface area contributed by atoms with Crippen molar-refractivity contribution in [3.8, 4) is 0 Å². The second kappa shape index (κ2) is 7.46. The maximum Gasteiger partial charge on any atom is 0.257 e. The molecule has 0 atom stereocenters. The molecule has 2 aromatic rings. The number of carbonyl (C=O) groups is 1. The van der Waals surface area contributed by atoms with Crippen molar-refractivity contribution in [2.75, 3.05) is 18.4 Å². The zero-order chi connectivity index (χ0) is 18.9. The van der Waals surface area contributed by atoms with E-state index < -0.39 is 10.0 Å². The van der Waals surface area contributed by atoms with Gasteiger partial charge >= 0.3 is 0 Å². The molecule has 1 aliphatic carbocycles. The molecule has 1 amide bonds.